The molecule has 0 N–H and O–H groups in total. The van der Waals surface area contributed by atoms with Gasteiger partial charge < -0.3 is 14.2 Å². The molecule has 0 spiro atoms. The summed E-state index contributed by atoms with van der Waals surface area (Å²) in [6.07, 6.45) is 4.15. The number of likely N-dealkylation sites (tertiary alicyclic amines) is 1. The van der Waals surface area contributed by atoms with Crippen molar-refractivity contribution in [2.75, 3.05) is 19.8 Å². The monoisotopic (exact) mass is 547 g/mol. The van der Waals surface area contributed by atoms with E-state index in [1.165, 1.54) is 34.2 Å². The summed E-state index contributed by atoms with van der Waals surface area (Å²) in [5, 5.41) is 0.619. The Morgan fingerprint density at radius 2 is 1.74 bits per heavy atom. The van der Waals surface area contributed by atoms with Crippen LogP contribution < -0.4 is 14.2 Å². The number of hydrogen-bond acceptors (Lipinski definition) is 4. The second kappa shape index (κ2) is 11.4. The van der Waals surface area contributed by atoms with E-state index in [-0.39, 0.29) is 6.10 Å². The minimum atomic E-state index is -0.0393. The molecule has 39 heavy (non-hydrogen) atoms. The molecule has 4 nitrogen and oxygen atoms in total. The van der Waals surface area contributed by atoms with Crippen LogP contribution in [-0.2, 0) is 6.42 Å². The van der Waals surface area contributed by atoms with Gasteiger partial charge in [-0.3, -0.25) is 4.90 Å². The lowest BCUT2D eigenvalue weighted by atomic mass is 9.82. The van der Waals surface area contributed by atoms with E-state index in [0.717, 1.165) is 49.5 Å². The molecule has 0 radical (unpaired) electrons. The summed E-state index contributed by atoms with van der Waals surface area (Å²) in [5.41, 5.74) is 7.61. The minimum Gasteiger partial charge on any atom is -0.493 e. The molecule has 1 saturated heterocycles. The Kier molecular flexibility index (Phi) is 8.16. The summed E-state index contributed by atoms with van der Waals surface area (Å²) in [6.45, 7) is 15.6. The zero-order valence-electron chi connectivity index (χ0n) is 24.3. The molecule has 1 aliphatic carbocycles. The van der Waals surface area contributed by atoms with E-state index in [0.29, 0.717) is 29.0 Å². The Bertz CT molecular complexity index is 1330. The molecule has 1 unspecified atom stereocenters. The summed E-state index contributed by atoms with van der Waals surface area (Å²) in [7, 11) is 0. The first-order valence-electron chi connectivity index (χ1n) is 14.4. The van der Waals surface area contributed by atoms with Crippen LogP contribution in [0.4, 0.5) is 0 Å². The Labute approximate surface area is 239 Å². The van der Waals surface area contributed by atoms with Crippen LogP contribution in [0.3, 0.4) is 0 Å². The highest BCUT2D eigenvalue weighted by Gasteiger charge is 2.41. The third-order valence-corrected chi connectivity index (χ3v) is 8.79. The van der Waals surface area contributed by atoms with E-state index in [4.69, 9.17) is 25.8 Å². The predicted molar refractivity (Wildman–Crippen MR) is 161 cm³/mol. The minimum absolute atomic E-state index is 0.0393. The fourth-order valence-corrected chi connectivity index (χ4v) is 6.88. The summed E-state index contributed by atoms with van der Waals surface area (Å²) >= 11 is 6.58. The molecule has 3 aromatic carbocycles. The maximum absolute atomic E-state index is 6.58. The molecule has 0 aromatic heterocycles. The number of hydrogen-bond donors (Lipinski definition) is 0. The summed E-state index contributed by atoms with van der Waals surface area (Å²) in [6, 6.07) is 17.5. The molecule has 5 rings (SSSR count). The normalized spacial score (nSPS) is 19.9. The van der Waals surface area contributed by atoms with Gasteiger partial charge in [0.2, 0.25) is 0 Å². The van der Waals surface area contributed by atoms with Gasteiger partial charge in [-0.25, -0.2) is 0 Å². The molecular weight excluding hydrogens is 506 g/mol. The molecule has 0 bridgehead atoms. The van der Waals surface area contributed by atoms with E-state index < -0.39 is 0 Å². The van der Waals surface area contributed by atoms with Gasteiger partial charge in [0.05, 0.1) is 18.2 Å². The Balaban J connectivity index is 1.31. The smallest absolute Gasteiger partial charge is 0.142 e. The Morgan fingerprint density at radius 1 is 0.974 bits per heavy atom. The highest BCUT2D eigenvalue weighted by Crippen LogP contribution is 2.44. The van der Waals surface area contributed by atoms with Crippen molar-refractivity contribution in [3.63, 3.8) is 0 Å². The van der Waals surface area contributed by atoms with Crippen LogP contribution in [0.2, 0.25) is 5.02 Å². The van der Waals surface area contributed by atoms with Crippen LogP contribution in [0.15, 0.2) is 48.5 Å². The van der Waals surface area contributed by atoms with E-state index in [9.17, 15) is 0 Å². The number of ether oxygens (including phenoxy) is 3. The maximum Gasteiger partial charge on any atom is 0.142 e. The van der Waals surface area contributed by atoms with Crippen LogP contribution in [0.5, 0.6) is 17.2 Å². The van der Waals surface area contributed by atoms with Crippen molar-refractivity contribution < 1.29 is 14.2 Å². The lowest BCUT2D eigenvalue weighted by Crippen LogP contribution is -2.61. The summed E-state index contributed by atoms with van der Waals surface area (Å²) in [5.74, 6) is 2.47. The second-order valence-corrected chi connectivity index (χ2v) is 12.1. The molecule has 208 valence electrons. The number of nitrogens with zero attached hydrogens (tertiary/aromatic N) is 1. The average molecular weight is 548 g/mol. The molecule has 1 aliphatic heterocycles. The largest absolute Gasteiger partial charge is 0.493 e. The van der Waals surface area contributed by atoms with Crippen molar-refractivity contribution >= 4 is 11.6 Å². The average Bonchev–Trinajstić information content (AvgIpc) is 3.30. The number of benzene rings is 3. The second-order valence-electron chi connectivity index (χ2n) is 11.7. The molecular formula is C34H42ClNO3. The first-order chi connectivity index (χ1) is 18.7. The van der Waals surface area contributed by atoms with Crippen LogP contribution in [0, 0.1) is 13.8 Å². The van der Waals surface area contributed by atoms with Crippen molar-refractivity contribution in [3.8, 4) is 28.4 Å². The fraction of sp³-hybridized carbons (Fsp3) is 0.471. The molecule has 2 aliphatic rings. The van der Waals surface area contributed by atoms with E-state index in [1.807, 2.05) is 26.0 Å². The highest BCUT2D eigenvalue weighted by atomic mass is 35.5. The van der Waals surface area contributed by atoms with Crippen LogP contribution in [0.1, 0.15) is 75.3 Å². The summed E-state index contributed by atoms with van der Waals surface area (Å²) < 4.78 is 18.6. The zero-order valence-corrected chi connectivity index (χ0v) is 25.0. The molecule has 1 heterocycles. The van der Waals surface area contributed by atoms with Crippen molar-refractivity contribution in [2.24, 2.45) is 0 Å². The van der Waals surface area contributed by atoms with Gasteiger partial charge in [-0.05, 0) is 113 Å². The third kappa shape index (κ3) is 5.64. The number of fused-ring (bicyclic) bond motifs is 1. The molecule has 5 heteroatoms. The fourth-order valence-electron chi connectivity index (χ4n) is 6.62. The van der Waals surface area contributed by atoms with Crippen LogP contribution in [-0.4, -0.2) is 36.2 Å². The number of aryl methyl sites for hydroxylation is 1. The highest BCUT2D eigenvalue weighted by molar-refractivity contribution is 6.32. The van der Waals surface area contributed by atoms with Crippen molar-refractivity contribution in [2.45, 2.75) is 84.9 Å². The summed E-state index contributed by atoms with van der Waals surface area (Å²) in [4.78, 5) is 2.59. The lowest BCUT2D eigenvalue weighted by molar-refractivity contribution is -0.0423. The molecule has 0 amide bonds. The van der Waals surface area contributed by atoms with Gasteiger partial charge in [0.1, 0.15) is 23.4 Å². The van der Waals surface area contributed by atoms with Gasteiger partial charge in [0, 0.05) is 24.2 Å². The van der Waals surface area contributed by atoms with Gasteiger partial charge >= 0.3 is 0 Å². The van der Waals surface area contributed by atoms with Crippen molar-refractivity contribution in [3.05, 3.63) is 75.8 Å². The van der Waals surface area contributed by atoms with Crippen molar-refractivity contribution in [1.29, 1.82) is 0 Å². The third-order valence-electron chi connectivity index (χ3n) is 8.49. The van der Waals surface area contributed by atoms with Gasteiger partial charge in [0.25, 0.3) is 0 Å². The van der Waals surface area contributed by atoms with Gasteiger partial charge in [-0.1, -0.05) is 41.9 Å². The molecule has 1 fully saturated rings. The zero-order chi connectivity index (χ0) is 27.7. The Hall–Kier alpha value is -2.69. The topological polar surface area (TPSA) is 30.9 Å². The van der Waals surface area contributed by atoms with Crippen LogP contribution in [0.25, 0.3) is 11.1 Å². The van der Waals surface area contributed by atoms with E-state index >= 15 is 0 Å². The van der Waals surface area contributed by atoms with Crippen molar-refractivity contribution in [1.82, 2.24) is 4.90 Å². The van der Waals surface area contributed by atoms with E-state index in [1.54, 1.807) is 0 Å². The van der Waals surface area contributed by atoms with Gasteiger partial charge in [-0.15, -0.1) is 0 Å². The Morgan fingerprint density at radius 3 is 2.49 bits per heavy atom. The predicted octanol–water partition coefficient (Wildman–Crippen LogP) is 8.73. The standard InChI is InChI=1S/C34H42ClNO3/c1-7-37-32-20-33(29(35)19-22(32)2)39-31-16-15-27-26(12-8-13-28(27)31)25-11-9-14-30(24(25)4)38-18-10-17-36-23(3)21-34(36,5)6/h8-9,11-14,19-20,23,31H,7,10,15-18,21H2,1-6H3/t23?,31-/m0/s1. The SMILES string of the molecule is CCOc1cc(O[C@H]2CCc3c(-c4cccc(OCCCN5C(C)CC5(C)C)c4C)cccc32)c(Cl)cc1C. The van der Waals surface area contributed by atoms with Gasteiger partial charge in [-0.2, -0.15) is 0 Å². The quantitative estimate of drug-likeness (QED) is 0.237. The maximum atomic E-state index is 6.58. The molecule has 0 saturated carbocycles. The molecule has 2 atom stereocenters. The number of halogens is 1. The first kappa shape index (κ1) is 27.9. The first-order valence-corrected chi connectivity index (χ1v) is 14.8. The number of rotatable bonds is 10. The van der Waals surface area contributed by atoms with Crippen LogP contribution >= 0.6 is 11.6 Å². The van der Waals surface area contributed by atoms with Gasteiger partial charge in [0.15, 0.2) is 0 Å². The lowest BCUT2D eigenvalue weighted by Gasteiger charge is -2.54. The molecule has 3 aromatic rings. The van der Waals surface area contributed by atoms with E-state index in [2.05, 4.69) is 69.0 Å².